The van der Waals surface area contributed by atoms with Gasteiger partial charge in [0.25, 0.3) is 0 Å². The van der Waals surface area contributed by atoms with E-state index >= 15 is 0 Å². The molecule has 0 heterocycles. The molecule has 0 nitrogen and oxygen atoms in total. The van der Waals surface area contributed by atoms with Gasteiger partial charge in [-0.05, 0) is 0 Å². The summed E-state index contributed by atoms with van der Waals surface area (Å²) in [5.74, 6) is -0.498. The normalized spacial score (nSPS) is 17.0. The summed E-state index contributed by atoms with van der Waals surface area (Å²) in [6.45, 7) is 12.1. The number of fused-ring (bicyclic) bond motifs is 3. The summed E-state index contributed by atoms with van der Waals surface area (Å²) in [5.41, 5.74) is 11.1. The molecule has 4 rings (SSSR count). The molecule has 4 heteroatoms. The maximum Gasteiger partial charge on any atom is -1.00 e. The molecule has 0 amide bonds. The van der Waals surface area contributed by atoms with E-state index in [9.17, 15) is 0 Å². The average molecular weight is 507 g/mol. The van der Waals surface area contributed by atoms with Crippen molar-refractivity contribution in [3.05, 3.63) is 76.9 Å². The Morgan fingerprint density at radius 1 is 0.893 bits per heavy atom. The second kappa shape index (κ2) is 9.17. The summed E-state index contributed by atoms with van der Waals surface area (Å²) in [6.07, 6.45) is 6.02. The van der Waals surface area contributed by atoms with Gasteiger partial charge in [-0.15, -0.1) is 0 Å². The molecule has 0 saturated carbocycles. The van der Waals surface area contributed by atoms with Crippen LogP contribution in [0.4, 0.5) is 0 Å². The number of hydrogen-bond donors (Lipinski definition) is 0. The molecular formula is C24H28Cl2SiZr. The van der Waals surface area contributed by atoms with Gasteiger partial charge in [-0.25, -0.2) is 0 Å². The van der Waals surface area contributed by atoms with Crippen LogP contribution < -0.4 is 24.8 Å². The van der Waals surface area contributed by atoms with Crippen molar-refractivity contribution in [2.24, 2.45) is 5.41 Å². The Hall–Kier alpha value is -0.400. The molecule has 0 N–H and O–H groups in total. The molecule has 2 aliphatic rings. The molecule has 0 aromatic heterocycles. The zero-order chi connectivity index (χ0) is 18.5. The van der Waals surface area contributed by atoms with Gasteiger partial charge >= 0.3 is 171 Å². The maximum atomic E-state index is 2.56. The predicted octanol–water partition coefficient (Wildman–Crippen LogP) is 0.590. The van der Waals surface area contributed by atoms with Crippen molar-refractivity contribution in [3.8, 4) is 11.1 Å². The Balaban J connectivity index is 0.00000140. The SMILES string of the molecule is C[SiH](C)[Zr+2][CH]1c2ccccc2-c2cccc(C3=CC(C(C)(C)C)=CC3)c21.[Cl-].[Cl-]. The van der Waals surface area contributed by atoms with Gasteiger partial charge in [-0.3, -0.25) is 0 Å². The van der Waals surface area contributed by atoms with Crippen LogP contribution in [0.1, 0.15) is 47.5 Å². The Labute approximate surface area is 194 Å². The molecule has 0 fully saturated rings. The van der Waals surface area contributed by atoms with E-state index in [0.717, 1.165) is 10.0 Å². The molecule has 0 spiro atoms. The fourth-order valence-electron chi connectivity index (χ4n) is 4.28. The quantitative estimate of drug-likeness (QED) is 0.535. The molecule has 0 saturated heterocycles. The van der Waals surface area contributed by atoms with Crippen molar-refractivity contribution < 1.29 is 47.2 Å². The van der Waals surface area contributed by atoms with Crippen molar-refractivity contribution in [1.82, 2.24) is 0 Å². The van der Waals surface area contributed by atoms with Gasteiger partial charge < -0.3 is 24.8 Å². The van der Waals surface area contributed by atoms with Crippen LogP contribution in [0.2, 0.25) is 13.1 Å². The molecule has 1 unspecified atom stereocenters. The molecular weight excluding hydrogens is 478 g/mol. The van der Waals surface area contributed by atoms with Crippen molar-refractivity contribution >= 4 is 11.5 Å². The van der Waals surface area contributed by atoms with E-state index in [0.29, 0.717) is 0 Å². The van der Waals surface area contributed by atoms with Crippen LogP contribution >= 0.6 is 0 Å². The van der Waals surface area contributed by atoms with E-state index in [4.69, 9.17) is 0 Å². The number of rotatable bonds is 3. The third-order valence-corrected chi connectivity index (χ3v) is 15.4. The molecule has 0 radical (unpaired) electrons. The van der Waals surface area contributed by atoms with Gasteiger partial charge in [0.2, 0.25) is 0 Å². The fourth-order valence-corrected chi connectivity index (χ4v) is 14.1. The van der Waals surface area contributed by atoms with E-state index in [1.54, 1.807) is 11.1 Å². The second-order valence-electron chi connectivity index (χ2n) is 8.89. The molecule has 0 bridgehead atoms. The van der Waals surface area contributed by atoms with Gasteiger partial charge in [-0.1, -0.05) is 0 Å². The minimum Gasteiger partial charge on any atom is -1.00 e. The summed E-state index contributed by atoms with van der Waals surface area (Å²) in [6, 6.07) is 16.2. The van der Waals surface area contributed by atoms with E-state index in [2.05, 4.69) is 88.5 Å². The summed E-state index contributed by atoms with van der Waals surface area (Å²) < 4.78 is 0.757. The zero-order valence-electron chi connectivity index (χ0n) is 17.3. The number of benzene rings is 2. The molecule has 1 atom stereocenters. The van der Waals surface area contributed by atoms with Crippen molar-refractivity contribution in [3.63, 3.8) is 0 Å². The van der Waals surface area contributed by atoms with Crippen LogP contribution in [-0.4, -0.2) is 5.92 Å². The molecule has 2 aromatic rings. The zero-order valence-corrected chi connectivity index (χ0v) is 22.4. The number of hydrogen-bond acceptors (Lipinski definition) is 0. The molecule has 146 valence electrons. The second-order valence-corrected chi connectivity index (χ2v) is 23.9. The van der Waals surface area contributed by atoms with E-state index in [1.807, 2.05) is 0 Å². The van der Waals surface area contributed by atoms with Crippen molar-refractivity contribution in [2.45, 2.75) is 43.9 Å². The summed E-state index contributed by atoms with van der Waals surface area (Å²) in [7, 11) is 0. The first-order valence-electron chi connectivity index (χ1n) is 9.76. The van der Waals surface area contributed by atoms with Crippen LogP contribution in [-0.2, 0) is 22.4 Å². The Morgan fingerprint density at radius 2 is 1.54 bits per heavy atom. The van der Waals surface area contributed by atoms with Crippen LogP contribution in [0.5, 0.6) is 0 Å². The topological polar surface area (TPSA) is 0 Å². The molecule has 2 aromatic carbocycles. The van der Waals surface area contributed by atoms with Gasteiger partial charge in [0.15, 0.2) is 0 Å². The van der Waals surface area contributed by atoms with Crippen LogP contribution in [0.15, 0.2) is 60.2 Å². The number of halogens is 2. The molecule has 2 aliphatic carbocycles. The minimum atomic E-state index is -0.498. The number of allylic oxidation sites excluding steroid dienone is 4. The Kier molecular flexibility index (Phi) is 7.82. The Bertz CT molecular complexity index is 922. The summed E-state index contributed by atoms with van der Waals surface area (Å²) in [5, 5.41) is 0. The van der Waals surface area contributed by atoms with Gasteiger partial charge in [0.1, 0.15) is 0 Å². The fraction of sp³-hybridized carbons (Fsp3) is 0.333. The average Bonchev–Trinajstić information content (AvgIpc) is 3.19. The van der Waals surface area contributed by atoms with Crippen molar-refractivity contribution in [2.75, 3.05) is 0 Å². The van der Waals surface area contributed by atoms with Crippen LogP contribution in [0, 0.1) is 5.41 Å². The summed E-state index contributed by atoms with van der Waals surface area (Å²) in [4.78, 5) is 0. The first-order valence-corrected chi connectivity index (χ1v) is 18.3. The first-order chi connectivity index (χ1) is 12.4. The molecule has 0 aliphatic heterocycles. The van der Waals surface area contributed by atoms with E-state index in [-0.39, 0.29) is 30.2 Å². The summed E-state index contributed by atoms with van der Waals surface area (Å²) >= 11 is -0.412. The van der Waals surface area contributed by atoms with Crippen molar-refractivity contribution in [1.29, 1.82) is 0 Å². The van der Waals surface area contributed by atoms with Gasteiger partial charge in [-0.2, -0.15) is 0 Å². The standard InChI is InChI=1S/C22H21.C2H7Si.2ClH.Zr/c1-22(2,3)17-12-11-16(13-17)19-9-6-10-20-18-8-5-4-7-15(18)14-21(19)20;1-3-2;;;/h4-10,12-14H,11H2,1-3H3;3H,1-2H3;2*1H;/q;;;;+2/p-2. The monoisotopic (exact) mass is 504 g/mol. The largest absolute Gasteiger partial charge is 1.00 e. The van der Waals surface area contributed by atoms with Crippen LogP contribution in [0.3, 0.4) is 0 Å². The van der Waals surface area contributed by atoms with Gasteiger partial charge in [0, 0.05) is 0 Å². The minimum absolute atomic E-state index is 0. The third kappa shape index (κ3) is 4.36. The van der Waals surface area contributed by atoms with Crippen LogP contribution in [0.25, 0.3) is 16.7 Å². The third-order valence-electron chi connectivity index (χ3n) is 5.54. The first kappa shape index (κ1) is 23.9. The predicted molar refractivity (Wildman–Crippen MR) is 113 cm³/mol. The molecule has 28 heavy (non-hydrogen) atoms. The Morgan fingerprint density at radius 3 is 2.18 bits per heavy atom. The smallest absolute Gasteiger partial charge is 1.00 e. The van der Waals surface area contributed by atoms with E-state index in [1.165, 1.54) is 27.8 Å². The van der Waals surface area contributed by atoms with Gasteiger partial charge in [0.05, 0.1) is 0 Å². The van der Waals surface area contributed by atoms with E-state index < -0.39 is 28.3 Å². The maximum absolute atomic E-state index is 2.56.